The van der Waals surface area contributed by atoms with Gasteiger partial charge in [-0.2, -0.15) is 10.2 Å². The van der Waals surface area contributed by atoms with Gasteiger partial charge in [0.25, 0.3) is 0 Å². The van der Waals surface area contributed by atoms with Crippen LogP contribution in [0.3, 0.4) is 0 Å². The van der Waals surface area contributed by atoms with Gasteiger partial charge in [-0.1, -0.05) is 54.1 Å². The predicted molar refractivity (Wildman–Crippen MR) is 114 cm³/mol. The van der Waals surface area contributed by atoms with E-state index in [0.717, 1.165) is 28.0 Å². The van der Waals surface area contributed by atoms with Gasteiger partial charge in [-0.3, -0.25) is 0 Å². The molecule has 0 N–H and O–H groups in total. The Labute approximate surface area is 165 Å². The van der Waals surface area contributed by atoms with Crippen molar-refractivity contribution in [3.05, 3.63) is 82.9 Å². The minimum atomic E-state index is 0.665. The number of fused-ring (bicyclic) bond motifs is 1. The van der Waals surface area contributed by atoms with Crippen LogP contribution in [0.1, 0.15) is 22.3 Å². The maximum Gasteiger partial charge on any atom is 0.161 e. The monoisotopic (exact) mass is 370 g/mol. The molecule has 0 amide bonds. The molecule has 140 valence electrons. The summed E-state index contributed by atoms with van der Waals surface area (Å²) >= 11 is 0. The van der Waals surface area contributed by atoms with Crippen LogP contribution in [0.25, 0.3) is 11.1 Å². The van der Waals surface area contributed by atoms with Crippen molar-refractivity contribution in [3.63, 3.8) is 0 Å². The molecule has 28 heavy (non-hydrogen) atoms. The number of nitrogens with zero attached hydrogens (tertiary/aromatic N) is 2. The highest BCUT2D eigenvalue weighted by Gasteiger charge is 2.17. The third kappa shape index (κ3) is 3.41. The van der Waals surface area contributed by atoms with Gasteiger partial charge < -0.3 is 9.47 Å². The Morgan fingerprint density at radius 1 is 0.821 bits per heavy atom. The van der Waals surface area contributed by atoms with E-state index in [4.69, 9.17) is 9.47 Å². The molecule has 0 spiro atoms. The van der Waals surface area contributed by atoms with E-state index in [2.05, 4.69) is 59.6 Å². The van der Waals surface area contributed by atoms with Crippen molar-refractivity contribution in [2.45, 2.75) is 13.3 Å². The fourth-order valence-corrected chi connectivity index (χ4v) is 3.46. The molecule has 1 aliphatic heterocycles. The van der Waals surface area contributed by atoms with Crippen LogP contribution in [-0.2, 0) is 6.42 Å². The highest BCUT2D eigenvalue weighted by atomic mass is 16.5. The lowest BCUT2D eigenvalue weighted by molar-refractivity contribution is 0.354. The number of hydrogen-bond acceptors (Lipinski definition) is 4. The van der Waals surface area contributed by atoms with Gasteiger partial charge in [0.2, 0.25) is 0 Å². The fourth-order valence-electron chi connectivity index (χ4n) is 3.46. The van der Waals surface area contributed by atoms with Crippen LogP contribution in [0.5, 0.6) is 11.5 Å². The molecule has 0 bridgehead atoms. The summed E-state index contributed by atoms with van der Waals surface area (Å²) in [5, 5.41) is 8.84. The maximum atomic E-state index is 5.48. The first kappa shape index (κ1) is 18.0. The Balaban J connectivity index is 1.77. The van der Waals surface area contributed by atoms with Gasteiger partial charge in [0.1, 0.15) is 0 Å². The molecule has 0 radical (unpaired) electrons. The summed E-state index contributed by atoms with van der Waals surface area (Å²) in [5.41, 5.74) is 7.68. The fraction of sp³-hybridized carbons (Fsp3) is 0.167. The Kier molecular flexibility index (Phi) is 4.94. The number of hydrogen-bond donors (Lipinski definition) is 0. The third-order valence-corrected chi connectivity index (χ3v) is 4.98. The lowest BCUT2D eigenvalue weighted by Gasteiger charge is -2.14. The van der Waals surface area contributed by atoms with Crippen LogP contribution in [0.2, 0.25) is 0 Å². The minimum Gasteiger partial charge on any atom is -0.493 e. The summed E-state index contributed by atoms with van der Waals surface area (Å²) in [6.07, 6.45) is 2.44. The number of ether oxygens (including phenoxy) is 2. The van der Waals surface area contributed by atoms with E-state index in [1.807, 2.05) is 18.2 Å². The molecule has 0 saturated carbocycles. The largest absolute Gasteiger partial charge is 0.493 e. The van der Waals surface area contributed by atoms with E-state index in [-0.39, 0.29) is 0 Å². The van der Waals surface area contributed by atoms with Crippen LogP contribution in [0.4, 0.5) is 0 Å². The Hall–Kier alpha value is -3.40. The molecule has 3 aromatic carbocycles. The van der Waals surface area contributed by atoms with E-state index in [1.165, 1.54) is 11.1 Å². The summed E-state index contributed by atoms with van der Waals surface area (Å²) < 4.78 is 10.9. The van der Waals surface area contributed by atoms with Crippen molar-refractivity contribution < 1.29 is 9.47 Å². The van der Waals surface area contributed by atoms with E-state index in [9.17, 15) is 0 Å². The smallest absolute Gasteiger partial charge is 0.161 e. The van der Waals surface area contributed by atoms with E-state index in [0.29, 0.717) is 17.9 Å². The molecule has 4 rings (SSSR count). The standard InChI is InChI=1S/C24H22N2O2/c1-16-8-10-17(11-9-16)20-6-4-5-7-21(20)22-12-18-13-23(27-2)24(28-3)14-19(18)15-25-26-22/h4-11,13-15H,12H2,1-3H3. The number of rotatable bonds is 4. The third-order valence-electron chi connectivity index (χ3n) is 4.98. The topological polar surface area (TPSA) is 43.2 Å². The SMILES string of the molecule is COc1cc2c(cc1OC)CC(c1ccccc1-c1ccc(C)cc1)=NN=C2. The minimum absolute atomic E-state index is 0.665. The Morgan fingerprint density at radius 2 is 1.50 bits per heavy atom. The van der Waals surface area contributed by atoms with E-state index < -0.39 is 0 Å². The molecular formula is C24H22N2O2. The molecule has 0 atom stereocenters. The van der Waals surface area contributed by atoms with Gasteiger partial charge in [0.05, 0.1) is 26.1 Å². The van der Waals surface area contributed by atoms with Crippen LogP contribution < -0.4 is 9.47 Å². The second kappa shape index (κ2) is 7.69. The lowest BCUT2D eigenvalue weighted by Crippen LogP contribution is -2.08. The van der Waals surface area contributed by atoms with Gasteiger partial charge in [-0.25, -0.2) is 0 Å². The summed E-state index contributed by atoms with van der Waals surface area (Å²) in [7, 11) is 3.29. The molecule has 1 aliphatic rings. The molecule has 4 nitrogen and oxygen atoms in total. The van der Waals surface area contributed by atoms with Crippen LogP contribution in [0.15, 0.2) is 70.9 Å². The number of aryl methyl sites for hydroxylation is 1. The molecule has 0 aromatic heterocycles. The van der Waals surface area contributed by atoms with Crippen molar-refractivity contribution >= 4 is 11.9 Å². The normalized spacial score (nSPS) is 12.8. The predicted octanol–water partition coefficient (Wildman–Crippen LogP) is 5.06. The maximum absolute atomic E-state index is 5.48. The average Bonchev–Trinajstić information content (AvgIpc) is 2.95. The lowest BCUT2D eigenvalue weighted by atomic mass is 9.92. The van der Waals surface area contributed by atoms with E-state index >= 15 is 0 Å². The van der Waals surface area contributed by atoms with Crippen molar-refractivity contribution in [2.75, 3.05) is 14.2 Å². The Morgan fingerprint density at radius 3 is 2.21 bits per heavy atom. The summed E-state index contributed by atoms with van der Waals surface area (Å²) in [5.74, 6) is 1.40. The zero-order chi connectivity index (χ0) is 19.5. The highest BCUT2D eigenvalue weighted by Crippen LogP contribution is 2.32. The van der Waals surface area contributed by atoms with Crippen molar-refractivity contribution in [3.8, 4) is 22.6 Å². The molecule has 0 unspecified atom stereocenters. The van der Waals surface area contributed by atoms with Gasteiger partial charge in [-0.15, -0.1) is 0 Å². The molecule has 0 fully saturated rings. The zero-order valence-corrected chi connectivity index (χ0v) is 16.3. The summed E-state index contributed by atoms with van der Waals surface area (Å²) in [6, 6.07) is 20.9. The molecule has 1 heterocycles. The number of methoxy groups -OCH3 is 2. The van der Waals surface area contributed by atoms with Crippen molar-refractivity contribution in [1.82, 2.24) is 0 Å². The van der Waals surface area contributed by atoms with Gasteiger partial charge >= 0.3 is 0 Å². The summed E-state index contributed by atoms with van der Waals surface area (Å²) in [6.45, 7) is 2.10. The second-order valence-electron chi connectivity index (χ2n) is 6.79. The van der Waals surface area contributed by atoms with Crippen LogP contribution in [0, 0.1) is 6.92 Å². The number of benzene rings is 3. The first-order valence-electron chi connectivity index (χ1n) is 9.21. The highest BCUT2D eigenvalue weighted by molar-refractivity contribution is 6.08. The molecular weight excluding hydrogens is 348 g/mol. The van der Waals surface area contributed by atoms with Gasteiger partial charge in [0.15, 0.2) is 11.5 Å². The first-order valence-corrected chi connectivity index (χ1v) is 9.21. The molecule has 4 heteroatoms. The molecule has 0 aliphatic carbocycles. The van der Waals surface area contributed by atoms with Crippen LogP contribution in [-0.4, -0.2) is 26.1 Å². The molecule has 0 saturated heterocycles. The quantitative estimate of drug-likeness (QED) is 0.644. The van der Waals surface area contributed by atoms with Crippen LogP contribution >= 0.6 is 0 Å². The zero-order valence-electron chi connectivity index (χ0n) is 16.3. The second-order valence-corrected chi connectivity index (χ2v) is 6.79. The average molecular weight is 370 g/mol. The van der Waals surface area contributed by atoms with Gasteiger partial charge in [-0.05, 0) is 35.7 Å². The Bertz CT molecular complexity index is 1070. The van der Waals surface area contributed by atoms with E-state index in [1.54, 1.807) is 20.4 Å². The first-order chi connectivity index (χ1) is 13.7. The molecule has 3 aromatic rings. The van der Waals surface area contributed by atoms with Crippen molar-refractivity contribution in [2.24, 2.45) is 10.2 Å². The van der Waals surface area contributed by atoms with Crippen molar-refractivity contribution in [1.29, 1.82) is 0 Å². The summed E-state index contributed by atoms with van der Waals surface area (Å²) in [4.78, 5) is 0. The van der Waals surface area contributed by atoms with Gasteiger partial charge in [0, 0.05) is 17.5 Å².